The zero-order valence-electron chi connectivity index (χ0n) is 22.4. The first-order valence-electron chi connectivity index (χ1n) is 12.9. The quantitative estimate of drug-likeness (QED) is 0.269. The summed E-state index contributed by atoms with van der Waals surface area (Å²) in [6.45, 7) is 18.5. The molecular formula is C32H39IN2. The Hall–Kier alpha value is -2.27. The number of benzene rings is 3. The van der Waals surface area contributed by atoms with Crippen LogP contribution in [0.15, 0.2) is 67.0 Å². The van der Waals surface area contributed by atoms with Crippen molar-refractivity contribution in [2.75, 3.05) is 9.80 Å². The summed E-state index contributed by atoms with van der Waals surface area (Å²) in [6.07, 6.45) is 4.64. The van der Waals surface area contributed by atoms with E-state index in [1.165, 1.54) is 48.3 Å². The minimum Gasteiger partial charge on any atom is -0.326 e. The minimum absolute atomic E-state index is 0.208. The third-order valence-corrected chi connectivity index (χ3v) is 8.38. The van der Waals surface area contributed by atoms with Crippen molar-refractivity contribution in [2.24, 2.45) is 0 Å². The molecular weight excluding hydrogens is 539 g/mol. The molecule has 0 saturated carbocycles. The van der Waals surface area contributed by atoms with Gasteiger partial charge in [0.2, 0.25) is 0 Å². The summed E-state index contributed by atoms with van der Waals surface area (Å²) in [6, 6.07) is 20.4. The van der Waals surface area contributed by atoms with Crippen molar-refractivity contribution in [3.63, 3.8) is 0 Å². The maximum absolute atomic E-state index is 2.52. The molecule has 0 bridgehead atoms. The van der Waals surface area contributed by atoms with Crippen molar-refractivity contribution in [3.05, 3.63) is 92.8 Å². The molecule has 184 valence electrons. The van der Waals surface area contributed by atoms with Gasteiger partial charge in [0, 0.05) is 27.3 Å². The van der Waals surface area contributed by atoms with Crippen LogP contribution in [0.4, 0.5) is 11.4 Å². The van der Waals surface area contributed by atoms with Crippen LogP contribution in [0.2, 0.25) is 0 Å². The zero-order chi connectivity index (χ0) is 25.4. The lowest BCUT2D eigenvalue weighted by atomic mass is 9.81. The first-order valence-corrected chi connectivity index (χ1v) is 14.0. The fourth-order valence-electron chi connectivity index (χ4n) is 5.08. The lowest BCUT2D eigenvalue weighted by molar-refractivity contribution is 0.748. The van der Waals surface area contributed by atoms with Crippen LogP contribution in [0.25, 0.3) is 11.1 Å². The normalized spacial score (nSPS) is 15.8. The Morgan fingerprint density at radius 3 is 1.86 bits per heavy atom. The minimum atomic E-state index is 0.208. The maximum Gasteiger partial charge on any atom is 0.107 e. The SMILES string of the molecule is Cc1c(I)cc(-c2c(C(C)C)cc(C(C)C)cc2C(C)C)cc1N1C=CN(c2ccccc2)[C@@H]1C. The molecule has 0 saturated heterocycles. The molecule has 0 unspecified atom stereocenters. The molecule has 0 radical (unpaired) electrons. The van der Waals surface area contributed by atoms with Crippen molar-refractivity contribution in [2.45, 2.75) is 79.3 Å². The van der Waals surface area contributed by atoms with Crippen LogP contribution >= 0.6 is 22.6 Å². The van der Waals surface area contributed by atoms with Crippen molar-refractivity contribution in [1.82, 2.24) is 0 Å². The third-order valence-electron chi connectivity index (χ3n) is 7.26. The number of para-hydroxylation sites is 1. The van der Waals surface area contributed by atoms with Gasteiger partial charge in [0.15, 0.2) is 0 Å². The molecule has 1 aliphatic rings. The molecule has 1 atom stereocenters. The van der Waals surface area contributed by atoms with Crippen molar-refractivity contribution in [1.29, 1.82) is 0 Å². The van der Waals surface area contributed by atoms with Gasteiger partial charge in [0.1, 0.15) is 6.17 Å². The highest BCUT2D eigenvalue weighted by atomic mass is 127. The molecule has 1 heterocycles. The van der Waals surface area contributed by atoms with Crippen LogP contribution in [0.1, 0.15) is 88.5 Å². The number of rotatable bonds is 6. The Morgan fingerprint density at radius 2 is 1.31 bits per heavy atom. The molecule has 0 amide bonds. The molecule has 0 fully saturated rings. The molecule has 0 spiro atoms. The van der Waals surface area contributed by atoms with Crippen molar-refractivity contribution < 1.29 is 0 Å². The fraction of sp³-hybridized carbons (Fsp3) is 0.375. The van der Waals surface area contributed by atoms with Crippen LogP contribution < -0.4 is 9.80 Å². The Morgan fingerprint density at radius 1 is 0.743 bits per heavy atom. The van der Waals surface area contributed by atoms with Crippen LogP contribution in [-0.2, 0) is 0 Å². The number of hydrogen-bond acceptors (Lipinski definition) is 2. The summed E-state index contributed by atoms with van der Waals surface area (Å²) >= 11 is 2.52. The summed E-state index contributed by atoms with van der Waals surface area (Å²) in [5.41, 5.74) is 10.9. The second kappa shape index (κ2) is 10.4. The van der Waals surface area contributed by atoms with Crippen LogP contribution in [-0.4, -0.2) is 6.17 Å². The van der Waals surface area contributed by atoms with E-state index in [-0.39, 0.29) is 6.17 Å². The predicted molar refractivity (Wildman–Crippen MR) is 162 cm³/mol. The lowest BCUT2D eigenvalue weighted by Crippen LogP contribution is -2.36. The zero-order valence-corrected chi connectivity index (χ0v) is 24.6. The van der Waals surface area contributed by atoms with E-state index in [9.17, 15) is 0 Å². The van der Waals surface area contributed by atoms with Gasteiger partial charge in [0.25, 0.3) is 0 Å². The van der Waals surface area contributed by atoms with Gasteiger partial charge in [-0.2, -0.15) is 0 Å². The van der Waals surface area contributed by atoms with E-state index in [1.54, 1.807) is 0 Å². The second-order valence-corrected chi connectivity index (χ2v) is 11.9. The van der Waals surface area contributed by atoms with Gasteiger partial charge in [-0.3, -0.25) is 0 Å². The van der Waals surface area contributed by atoms with Gasteiger partial charge in [-0.05, 0) is 112 Å². The van der Waals surface area contributed by atoms with E-state index >= 15 is 0 Å². The van der Waals surface area contributed by atoms with Gasteiger partial charge in [-0.25, -0.2) is 0 Å². The fourth-order valence-corrected chi connectivity index (χ4v) is 5.69. The largest absolute Gasteiger partial charge is 0.326 e. The van der Waals surface area contributed by atoms with Gasteiger partial charge < -0.3 is 9.80 Å². The smallest absolute Gasteiger partial charge is 0.107 e. The molecule has 0 aliphatic carbocycles. The lowest BCUT2D eigenvalue weighted by Gasteiger charge is -2.32. The molecule has 35 heavy (non-hydrogen) atoms. The topological polar surface area (TPSA) is 6.48 Å². The van der Waals surface area contributed by atoms with Crippen LogP contribution in [0.5, 0.6) is 0 Å². The van der Waals surface area contributed by atoms with Gasteiger partial charge >= 0.3 is 0 Å². The molecule has 3 aromatic rings. The average Bonchev–Trinajstić information content (AvgIpc) is 3.21. The summed E-state index contributed by atoms with van der Waals surface area (Å²) in [7, 11) is 0. The number of hydrogen-bond donors (Lipinski definition) is 0. The summed E-state index contributed by atoms with van der Waals surface area (Å²) in [4.78, 5) is 4.76. The molecule has 3 aromatic carbocycles. The first kappa shape index (κ1) is 25.8. The van der Waals surface area contributed by atoms with E-state index in [0.717, 1.165) is 0 Å². The molecule has 0 N–H and O–H groups in total. The highest BCUT2D eigenvalue weighted by Crippen LogP contribution is 2.42. The molecule has 1 aliphatic heterocycles. The standard InChI is InChI=1S/C32H39IN2/c1-20(2)25-16-28(21(3)4)32(29(17-25)22(5)6)26-18-30(33)23(7)31(19-26)35-15-14-34(24(35)8)27-12-10-9-11-13-27/h9-22,24H,1-8H3/t24-/m0/s1. The van der Waals surface area contributed by atoms with Crippen molar-refractivity contribution in [3.8, 4) is 11.1 Å². The number of nitrogens with zero attached hydrogens (tertiary/aromatic N) is 2. The Kier molecular flexibility index (Phi) is 7.65. The van der Waals surface area contributed by atoms with Crippen LogP contribution in [0, 0.1) is 10.5 Å². The molecule has 3 heteroatoms. The average molecular weight is 579 g/mol. The van der Waals surface area contributed by atoms with E-state index in [0.29, 0.717) is 17.8 Å². The van der Waals surface area contributed by atoms with Gasteiger partial charge in [0.05, 0.1) is 0 Å². The van der Waals surface area contributed by atoms with E-state index < -0.39 is 0 Å². The Balaban J connectivity index is 1.86. The number of anilines is 2. The van der Waals surface area contributed by atoms with Gasteiger partial charge in [-0.1, -0.05) is 71.9 Å². The molecule has 4 rings (SSSR count). The predicted octanol–water partition coefficient (Wildman–Crippen LogP) is 9.78. The monoisotopic (exact) mass is 578 g/mol. The Bertz CT molecular complexity index is 1190. The Labute approximate surface area is 226 Å². The summed E-state index contributed by atoms with van der Waals surface area (Å²) in [5, 5.41) is 0. The molecule has 2 nitrogen and oxygen atoms in total. The maximum atomic E-state index is 2.52. The van der Waals surface area contributed by atoms with E-state index in [1.807, 2.05) is 0 Å². The molecule has 0 aromatic heterocycles. The second-order valence-electron chi connectivity index (χ2n) is 10.7. The number of halogens is 1. The highest BCUT2D eigenvalue weighted by molar-refractivity contribution is 14.1. The van der Waals surface area contributed by atoms with Crippen molar-refractivity contribution >= 4 is 34.0 Å². The van der Waals surface area contributed by atoms with Crippen LogP contribution in [0.3, 0.4) is 0 Å². The van der Waals surface area contributed by atoms with Gasteiger partial charge in [-0.15, -0.1) is 0 Å². The highest BCUT2D eigenvalue weighted by Gasteiger charge is 2.27. The van der Waals surface area contributed by atoms with E-state index in [4.69, 9.17) is 0 Å². The van der Waals surface area contributed by atoms with E-state index in [2.05, 4.69) is 155 Å². The summed E-state index contributed by atoms with van der Waals surface area (Å²) < 4.78 is 1.31. The first-order chi connectivity index (χ1) is 16.6. The summed E-state index contributed by atoms with van der Waals surface area (Å²) in [5.74, 6) is 1.44. The third kappa shape index (κ3) is 5.02.